The average molecular weight is 516 g/mol. The number of benzene rings is 2. The van der Waals surface area contributed by atoms with E-state index >= 15 is 0 Å². The molecule has 4 rings (SSSR count). The quantitative estimate of drug-likeness (QED) is 0.0958. The second-order valence-electron chi connectivity index (χ2n) is 8.41. The fourth-order valence-corrected chi connectivity index (χ4v) is 3.96. The first-order chi connectivity index (χ1) is 18.4. The molecule has 0 unspecified atom stereocenters. The largest absolute Gasteiger partial charge is 0.466 e. The second-order valence-corrected chi connectivity index (χ2v) is 8.41. The van der Waals surface area contributed by atoms with E-state index in [-0.39, 0.29) is 37.3 Å². The van der Waals surface area contributed by atoms with Gasteiger partial charge in [-0.1, -0.05) is 11.2 Å². The van der Waals surface area contributed by atoms with Crippen molar-refractivity contribution in [1.82, 2.24) is 14.5 Å². The average Bonchev–Trinajstić information content (AvgIpc) is 3.27. The van der Waals surface area contributed by atoms with Gasteiger partial charge in [0.25, 0.3) is 5.91 Å². The van der Waals surface area contributed by atoms with E-state index < -0.39 is 0 Å². The first-order valence-electron chi connectivity index (χ1n) is 12.1. The molecule has 0 atom stereocenters. The third-order valence-electron chi connectivity index (χ3n) is 5.98. The third-order valence-corrected chi connectivity index (χ3v) is 5.98. The maximum absolute atomic E-state index is 13.5. The van der Waals surface area contributed by atoms with Crippen molar-refractivity contribution in [1.29, 1.82) is 0 Å². The second kappa shape index (κ2) is 11.9. The van der Waals surface area contributed by atoms with Gasteiger partial charge in [-0.15, -0.1) is 0 Å². The summed E-state index contributed by atoms with van der Waals surface area (Å²) in [5.74, 6) is 0.601. The van der Waals surface area contributed by atoms with Crippen LogP contribution in [0.2, 0.25) is 0 Å². The molecule has 4 N–H and O–H groups in total. The Hall–Kier alpha value is -4.93. The molecule has 0 aliphatic carbocycles. The number of nitrogens with zero attached hydrogens (tertiary/aromatic N) is 5. The van der Waals surface area contributed by atoms with Gasteiger partial charge in [-0.2, -0.15) is 0 Å². The van der Waals surface area contributed by atoms with Crippen LogP contribution < -0.4 is 16.0 Å². The Morgan fingerprint density at radius 1 is 1.13 bits per heavy atom. The molecule has 0 fully saturated rings. The predicted molar refractivity (Wildman–Crippen MR) is 144 cm³/mol. The summed E-state index contributed by atoms with van der Waals surface area (Å²) in [6.45, 7) is 2.60. The van der Waals surface area contributed by atoms with Gasteiger partial charge in [0, 0.05) is 36.6 Å². The predicted octanol–water partition coefficient (Wildman–Crippen LogP) is 3.27. The van der Waals surface area contributed by atoms with Gasteiger partial charge in [0.15, 0.2) is 5.84 Å². The van der Waals surface area contributed by atoms with Crippen molar-refractivity contribution in [3.63, 3.8) is 0 Å². The van der Waals surface area contributed by atoms with Crippen LogP contribution in [0.15, 0.2) is 72.0 Å². The highest BCUT2D eigenvalue weighted by Gasteiger charge is 2.21. The number of aromatic nitrogens is 3. The Bertz CT molecular complexity index is 1450. The number of carbonyl (C=O) groups excluding carboxylic acids is 2. The number of rotatable bonds is 10. The zero-order valence-electron chi connectivity index (χ0n) is 21.2. The summed E-state index contributed by atoms with van der Waals surface area (Å²) in [4.78, 5) is 36.0. The summed E-state index contributed by atoms with van der Waals surface area (Å²) in [7, 11) is 1.91. The van der Waals surface area contributed by atoms with Crippen LogP contribution in [0.3, 0.4) is 0 Å². The summed E-state index contributed by atoms with van der Waals surface area (Å²) in [5.41, 5.74) is 9.04. The number of amides is 1. The summed E-state index contributed by atoms with van der Waals surface area (Å²) >= 11 is 0. The number of oxime groups is 1. The fourth-order valence-electron chi connectivity index (χ4n) is 3.96. The van der Waals surface area contributed by atoms with Crippen molar-refractivity contribution in [2.45, 2.75) is 19.9 Å². The van der Waals surface area contributed by atoms with E-state index in [0.717, 1.165) is 17.0 Å². The number of fused-ring (bicyclic) bond motifs is 1. The standard InChI is InChI=1S/C27H29N7O4/c1-3-38-25(35)13-15-34(23-6-4-5-14-29-23)27(36)19-9-12-22-21(16-19)31-24(33(22)2)17-30-20-10-7-18(8-11-20)26(28)32-37/h4-12,14,16,30,37H,3,13,15,17H2,1-2H3,(H2,28,32). The Morgan fingerprint density at radius 3 is 2.58 bits per heavy atom. The van der Waals surface area contributed by atoms with E-state index in [2.05, 4.69) is 15.5 Å². The number of esters is 1. The van der Waals surface area contributed by atoms with Gasteiger partial charge < -0.3 is 25.6 Å². The first-order valence-corrected chi connectivity index (χ1v) is 12.1. The molecule has 0 saturated heterocycles. The minimum atomic E-state index is -0.377. The van der Waals surface area contributed by atoms with E-state index in [1.54, 1.807) is 55.6 Å². The van der Waals surface area contributed by atoms with Crippen LogP contribution >= 0.6 is 0 Å². The number of aryl methyl sites for hydroxylation is 1. The van der Waals surface area contributed by atoms with Crippen LogP contribution in [0, 0.1) is 0 Å². The lowest BCUT2D eigenvalue weighted by atomic mass is 10.1. The number of amidine groups is 1. The van der Waals surface area contributed by atoms with Crippen molar-refractivity contribution in [3.8, 4) is 0 Å². The molecular weight excluding hydrogens is 486 g/mol. The molecule has 2 heterocycles. The van der Waals surface area contributed by atoms with Gasteiger partial charge in [-0.05, 0) is 61.5 Å². The van der Waals surface area contributed by atoms with Gasteiger partial charge in [-0.25, -0.2) is 9.97 Å². The molecule has 196 valence electrons. The zero-order valence-corrected chi connectivity index (χ0v) is 21.2. The van der Waals surface area contributed by atoms with Gasteiger partial charge in [0.05, 0.1) is 30.6 Å². The van der Waals surface area contributed by atoms with E-state index in [1.807, 2.05) is 29.8 Å². The maximum atomic E-state index is 13.5. The lowest BCUT2D eigenvalue weighted by Crippen LogP contribution is -2.34. The minimum absolute atomic E-state index is 0.0414. The number of ether oxygens (including phenoxy) is 1. The van der Waals surface area contributed by atoms with Crippen LogP contribution in [-0.4, -0.2) is 50.6 Å². The molecule has 11 heteroatoms. The van der Waals surface area contributed by atoms with Crippen molar-refractivity contribution in [2.75, 3.05) is 23.4 Å². The van der Waals surface area contributed by atoms with Gasteiger partial charge in [0.2, 0.25) is 0 Å². The molecule has 2 aromatic carbocycles. The molecule has 38 heavy (non-hydrogen) atoms. The molecule has 0 aliphatic rings. The molecule has 0 saturated carbocycles. The van der Waals surface area contributed by atoms with Crippen molar-refractivity contribution >= 4 is 40.3 Å². The van der Waals surface area contributed by atoms with Crippen LogP contribution in [0.5, 0.6) is 0 Å². The minimum Gasteiger partial charge on any atom is -0.466 e. The summed E-state index contributed by atoms with van der Waals surface area (Å²) < 4.78 is 6.98. The molecule has 1 amide bonds. The fraction of sp³-hybridized carbons (Fsp3) is 0.222. The van der Waals surface area contributed by atoms with Gasteiger partial charge in [0.1, 0.15) is 11.6 Å². The lowest BCUT2D eigenvalue weighted by molar-refractivity contribution is -0.142. The number of hydrogen-bond acceptors (Lipinski definition) is 8. The normalized spacial score (nSPS) is 11.4. The molecule has 0 bridgehead atoms. The Balaban J connectivity index is 1.53. The summed E-state index contributed by atoms with van der Waals surface area (Å²) in [6, 6.07) is 17.8. The summed E-state index contributed by atoms with van der Waals surface area (Å²) in [6.07, 6.45) is 1.65. The zero-order chi connectivity index (χ0) is 27.1. The topological polar surface area (TPSA) is 148 Å². The molecule has 11 nitrogen and oxygen atoms in total. The van der Waals surface area contributed by atoms with E-state index in [0.29, 0.717) is 29.0 Å². The van der Waals surface area contributed by atoms with Crippen molar-refractivity contribution in [3.05, 3.63) is 83.8 Å². The maximum Gasteiger partial charge on any atom is 0.307 e. The molecule has 4 aromatic rings. The highest BCUT2D eigenvalue weighted by atomic mass is 16.5. The van der Waals surface area contributed by atoms with Crippen molar-refractivity contribution < 1.29 is 19.5 Å². The Morgan fingerprint density at radius 2 is 1.89 bits per heavy atom. The summed E-state index contributed by atoms with van der Waals surface area (Å²) in [5, 5.41) is 15.1. The number of anilines is 2. The highest BCUT2D eigenvalue weighted by Crippen LogP contribution is 2.21. The smallest absolute Gasteiger partial charge is 0.307 e. The molecule has 2 aromatic heterocycles. The van der Waals surface area contributed by atoms with Crippen LogP contribution in [0.1, 0.15) is 35.1 Å². The monoisotopic (exact) mass is 515 g/mol. The van der Waals surface area contributed by atoms with Crippen molar-refractivity contribution in [2.24, 2.45) is 17.9 Å². The van der Waals surface area contributed by atoms with Gasteiger partial charge >= 0.3 is 5.97 Å². The van der Waals surface area contributed by atoms with Crippen LogP contribution in [0.4, 0.5) is 11.5 Å². The molecule has 0 aliphatic heterocycles. The molecular formula is C27H29N7O4. The Labute approximate surface area is 219 Å². The number of nitrogens with one attached hydrogen (secondary N) is 1. The van der Waals surface area contributed by atoms with E-state index in [9.17, 15) is 9.59 Å². The SMILES string of the molecule is CCOC(=O)CCN(C(=O)c1ccc2c(c1)nc(CNc1ccc(/C(N)=N\O)cc1)n2C)c1ccccn1. The van der Waals surface area contributed by atoms with Crippen LogP contribution in [0.25, 0.3) is 11.0 Å². The number of pyridine rings is 1. The first kappa shape index (κ1) is 26.1. The van der Waals surface area contributed by atoms with Crippen LogP contribution in [-0.2, 0) is 23.1 Å². The number of carbonyl (C=O) groups is 2. The highest BCUT2D eigenvalue weighted by molar-refractivity contribution is 6.07. The lowest BCUT2D eigenvalue weighted by Gasteiger charge is -2.21. The number of hydrogen-bond donors (Lipinski definition) is 3. The third kappa shape index (κ3) is 5.89. The molecule has 0 radical (unpaired) electrons. The van der Waals surface area contributed by atoms with Gasteiger partial charge in [-0.3, -0.25) is 14.5 Å². The Kier molecular flexibility index (Phi) is 8.17. The number of nitrogens with two attached hydrogens (primary N) is 1. The van der Waals surface area contributed by atoms with E-state index in [4.69, 9.17) is 20.7 Å². The van der Waals surface area contributed by atoms with E-state index in [1.165, 1.54) is 4.90 Å². The number of imidazole rings is 1. The molecule has 0 spiro atoms.